The lowest BCUT2D eigenvalue weighted by molar-refractivity contribution is 1.07. The second-order valence-corrected chi connectivity index (χ2v) is 13.7. The number of nitrogens with zero attached hydrogens (tertiary/aromatic N) is 4. The first-order valence-corrected chi connectivity index (χ1v) is 18.5. The monoisotopic (exact) mass is 702 g/mol. The quantitative estimate of drug-likeness (QED) is 0.166. The molecule has 10 aromatic rings. The van der Waals surface area contributed by atoms with Gasteiger partial charge in [0.2, 0.25) is 0 Å². The Morgan fingerprint density at radius 3 is 1.33 bits per heavy atom. The van der Waals surface area contributed by atoms with Gasteiger partial charge in [-0.05, 0) is 58.1 Å². The largest absolute Gasteiger partial charge is 0.309 e. The summed E-state index contributed by atoms with van der Waals surface area (Å²) >= 11 is 0. The Morgan fingerprint density at radius 2 is 0.691 bits per heavy atom. The Labute approximate surface area is 319 Å². The molecule has 0 unspecified atom stereocenters. The minimum absolute atomic E-state index is 0.619. The first kappa shape index (κ1) is 32.2. The van der Waals surface area contributed by atoms with Gasteiger partial charge in [-0.25, -0.2) is 15.0 Å². The number of aromatic nitrogens is 4. The second kappa shape index (κ2) is 13.8. The van der Waals surface area contributed by atoms with Crippen LogP contribution in [-0.4, -0.2) is 19.5 Å². The number of benzene rings is 8. The maximum atomic E-state index is 5.15. The predicted octanol–water partition coefficient (Wildman–Crippen LogP) is 13.0. The van der Waals surface area contributed by atoms with Crippen molar-refractivity contribution in [3.63, 3.8) is 0 Å². The van der Waals surface area contributed by atoms with Crippen LogP contribution in [0.1, 0.15) is 0 Å². The van der Waals surface area contributed by atoms with E-state index in [1.807, 2.05) is 36.4 Å². The van der Waals surface area contributed by atoms with Crippen LogP contribution in [-0.2, 0) is 0 Å². The molecule has 0 spiro atoms. The van der Waals surface area contributed by atoms with Gasteiger partial charge < -0.3 is 4.57 Å². The minimum atomic E-state index is 0.619. The summed E-state index contributed by atoms with van der Waals surface area (Å²) < 4.78 is 2.41. The first-order valence-electron chi connectivity index (χ1n) is 18.5. The van der Waals surface area contributed by atoms with Crippen molar-refractivity contribution >= 4 is 21.8 Å². The number of rotatable bonds is 7. The van der Waals surface area contributed by atoms with Gasteiger partial charge in [-0.2, -0.15) is 0 Å². The third-order valence-electron chi connectivity index (χ3n) is 10.3. The average Bonchev–Trinajstić information content (AvgIpc) is 3.61. The van der Waals surface area contributed by atoms with Crippen LogP contribution in [0.5, 0.6) is 0 Å². The maximum Gasteiger partial charge on any atom is 0.164 e. The Hall–Kier alpha value is -7.43. The van der Waals surface area contributed by atoms with E-state index in [0.29, 0.717) is 17.5 Å². The Balaban J connectivity index is 1.17. The van der Waals surface area contributed by atoms with Crippen molar-refractivity contribution in [2.75, 3.05) is 0 Å². The SMILES string of the molecule is c1ccc(-c2ccc(-c3nc(-c4ccccc4)nc(-c4ccc(-n5c6ccccc6c6ccc(-c7ccccc7)cc65)c(-c5ccccc5)c4)n3)cc2)cc1. The molecule has 2 aromatic heterocycles. The smallest absolute Gasteiger partial charge is 0.164 e. The van der Waals surface area contributed by atoms with Crippen LogP contribution in [0.2, 0.25) is 0 Å². The highest BCUT2D eigenvalue weighted by Gasteiger charge is 2.19. The molecule has 0 aliphatic rings. The summed E-state index contributed by atoms with van der Waals surface area (Å²) in [5.41, 5.74) is 13.0. The summed E-state index contributed by atoms with van der Waals surface area (Å²) in [6, 6.07) is 72.3. The molecule has 10 rings (SSSR count). The number of fused-ring (bicyclic) bond motifs is 3. The molecule has 4 heteroatoms. The molecule has 2 heterocycles. The van der Waals surface area contributed by atoms with Crippen LogP contribution < -0.4 is 0 Å². The van der Waals surface area contributed by atoms with Crippen molar-refractivity contribution in [1.29, 1.82) is 0 Å². The van der Waals surface area contributed by atoms with E-state index in [0.717, 1.165) is 50.1 Å². The van der Waals surface area contributed by atoms with Gasteiger partial charge in [0.1, 0.15) is 0 Å². The predicted molar refractivity (Wildman–Crippen MR) is 227 cm³/mol. The normalized spacial score (nSPS) is 11.3. The molecule has 0 atom stereocenters. The van der Waals surface area contributed by atoms with Crippen LogP contribution in [0.15, 0.2) is 206 Å². The molecule has 0 bridgehead atoms. The Morgan fingerprint density at radius 1 is 0.273 bits per heavy atom. The zero-order valence-electron chi connectivity index (χ0n) is 29.9. The Kier molecular flexibility index (Phi) is 8.12. The molecular formula is C51H34N4. The van der Waals surface area contributed by atoms with E-state index in [9.17, 15) is 0 Å². The van der Waals surface area contributed by atoms with E-state index in [4.69, 9.17) is 15.0 Å². The van der Waals surface area contributed by atoms with Gasteiger partial charge in [-0.1, -0.05) is 176 Å². The first-order chi connectivity index (χ1) is 27.3. The van der Waals surface area contributed by atoms with Crippen LogP contribution in [0.25, 0.3) is 95.0 Å². The lowest BCUT2D eigenvalue weighted by Crippen LogP contribution is -2.02. The van der Waals surface area contributed by atoms with Gasteiger partial charge in [0.15, 0.2) is 17.5 Å². The van der Waals surface area contributed by atoms with E-state index < -0.39 is 0 Å². The second-order valence-electron chi connectivity index (χ2n) is 13.7. The molecule has 55 heavy (non-hydrogen) atoms. The molecule has 0 aliphatic heterocycles. The third kappa shape index (κ3) is 6.06. The van der Waals surface area contributed by atoms with Gasteiger partial charge in [0.25, 0.3) is 0 Å². The molecule has 0 radical (unpaired) electrons. The van der Waals surface area contributed by atoms with Crippen LogP contribution in [0.3, 0.4) is 0 Å². The third-order valence-corrected chi connectivity index (χ3v) is 10.3. The van der Waals surface area contributed by atoms with E-state index in [1.165, 1.54) is 27.5 Å². The van der Waals surface area contributed by atoms with Crippen LogP contribution in [0, 0.1) is 0 Å². The van der Waals surface area contributed by atoms with Gasteiger partial charge in [-0.15, -0.1) is 0 Å². The number of para-hydroxylation sites is 1. The molecule has 258 valence electrons. The topological polar surface area (TPSA) is 43.6 Å². The molecule has 8 aromatic carbocycles. The van der Waals surface area contributed by atoms with Crippen molar-refractivity contribution in [2.24, 2.45) is 0 Å². The van der Waals surface area contributed by atoms with E-state index in [2.05, 4.69) is 174 Å². The summed E-state index contributed by atoms with van der Waals surface area (Å²) in [7, 11) is 0. The fourth-order valence-electron chi connectivity index (χ4n) is 7.55. The van der Waals surface area contributed by atoms with Gasteiger partial charge in [-0.3, -0.25) is 0 Å². The molecule has 0 N–H and O–H groups in total. The molecule has 0 saturated heterocycles. The molecule has 0 saturated carbocycles. The zero-order chi connectivity index (χ0) is 36.6. The fraction of sp³-hybridized carbons (Fsp3) is 0. The molecule has 4 nitrogen and oxygen atoms in total. The summed E-state index contributed by atoms with van der Waals surface area (Å²) in [5, 5.41) is 2.43. The standard InChI is InChI=1S/C51H34N4/c1-5-15-35(16-6-1)37-25-27-40(28-26-37)50-52-49(39-21-11-4-12-22-39)53-51(54-50)42-30-32-47(45(33-42)38-19-9-3-10-20-38)55-46-24-14-13-23-43(46)44-31-29-41(34-48(44)55)36-17-7-2-8-18-36/h1-34H. The maximum absolute atomic E-state index is 5.15. The molecule has 0 fully saturated rings. The summed E-state index contributed by atoms with van der Waals surface area (Å²) in [5.74, 6) is 1.88. The van der Waals surface area contributed by atoms with Gasteiger partial charge >= 0.3 is 0 Å². The highest BCUT2D eigenvalue weighted by molar-refractivity contribution is 6.10. The van der Waals surface area contributed by atoms with E-state index >= 15 is 0 Å². The number of hydrogen-bond donors (Lipinski definition) is 0. The van der Waals surface area contributed by atoms with E-state index in [-0.39, 0.29) is 0 Å². The zero-order valence-corrected chi connectivity index (χ0v) is 29.9. The van der Waals surface area contributed by atoms with Crippen molar-refractivity contribution < 1.29 is 0 Å². The molecule has 0 aliphatic carbocycles. The lowest BCUT2D eigenvalue weighted by atomic mass is 9.99. The van der Waals surface area contributed by atoms with E-state index in [1.54, 1.807) is 0 Å². The van der Waals surface area contributed by atoms with Crippen molar-refractivity contribution in [3.05, 3.63) is 206 Å². The van der Waals surface area contributed by atoms with Crippen LogP contribution in [0.4, 0.5) is 0 Å². The lowest BCUT2D eigenvalue weighted by Gasteiger charge is -2.16. The molecular weight excluding hydrogens is 669 g/mol. The fourth-order valence-corrected chi connectivity index (χ4v) is 7.55. The minimum Gasteiger partial charge on any atom is -0.309 e. The van der Waals surface area contributed by atoms with Crippen molar-refractivity contribution in [1.82, 2.24) is 19.5 Å². The van der Waals surface area contributed by atoms with Gasteiger partial charge in [0.05, 0.1) is 16.7 Å². The summed E-state index contributed by atoms with van der Waals surface area (Å²) in [4.78, 5) is 15.3. The van der Waals surface area contributed by atoms with Crippen molar-refractivity contribution in [3.8, 4) is 73.2 Å². The Bertz CT molecular complexity index is 2940. The summed E-state index contributed by atoms with van der Waals surface area (Å²) in [6.45, 7) is 0. The van der Waals surface area contributed by atoms with Gasteiger partial charge in [0, 0.05) is 33.0 Å². The average molecular weight is 703 g/mol. The highest BCUT2D eigenvalue weighted by Crippen LogP contribution is 2.39. The van der Waals surface area contributed by atoms with Crippen molar-refractivity contribution in [2.45, 2.75) is 0 Å². The molecule has 0 amide bonds. The summed E-state index contributed by atoms with van der Waals surface area (Å²) in [6.07, 6.45) is 0. The highest BCUT2D eigenvalue weighted by atomic mass is 15.0. The van der Waals surface area contributed by atoms with Crippen LogP contribution >= 0.6 is 0 Å². The number of hydrogen-bond acceptors (Lipinski definition) is 3.